The topological polar surface area (TPSA) is 76.1 Å². The third-order valence-electron chi connectivity index (χ3n) is 3.20. The number of amides is 1. The summed E-state index contributed by atoms with van der Waals surface area (Å²) in [5.41, 5.74) is 0.564. The lowest BCUT2D eigenvalue weighted by molar-refractivity contribution is -0.137. The molecule has 1 amide bonds. The van der Waals surface area contributed by atoms with Crippen LogP contribution < -0.4 is 14.4 Å². The molecule has 1 heterocycles. The van der Waals surface area contributed by atoms with Gasteiger partial charge in [-0.1, -0.05) is 6.92 Å². The number of rotatable bonds is 4. The first-order valence-electron chi connectivity index (χ1n) is 6.41. The van der Waals surface area contributed by atoms with Crippen molar-refractivity contribution in [3.63, 3.8) is 0 Å². The van der Waals surface area contributed by atoms with Crippen molar-refractivity contribution < 1.29 is 24.2 Å². The predicted molar refractivity (Wildman–Crippen MR) is 72.3 cm³/mol. The average molecular weight is 279 g/mol. The highest BCUT2D eigenvalue weighted by atomic mass is 16.5. The van der Waals surface area contributed by atoms with Gasteiger partial charge in [-0.2, -0.15) is 0 Å². The molecule has 20 heavy (non-hydrogen) atoms. The molecule has 0 fully saturated rings. The number of hydrogen-bond donors (Lipinski definition) is 1. The van der Waals surface area contributed by atoms with Crippen molar-refractivity contribution in [3.05, 3.63) is 18.2 Å². The smallest absolute Gasteiger partial charge is 0.305 e. The molecular weight excluding hydrogens is 262 g/mol. The molecule has 1 aromatic carbocycles. The molecule has 1 N–H and O–H groups in total. The highest BCUT2D eigenvalue weighted by Crippen LogP contribution is 2.37. The van der Waals surface area contributed by atoms with Crippen LogP contribution in [0.3, 0.4) is 0 Å². The summed E-state index contributed by atoms with van der Waals surface area (Å²) in [7, 11) is 1.53. The van der Waals surface area contributed by atoms with E-state index in [9.17, 15) is 9.59 Å². The number of aliphatic carboxylic acids is 1. The SMILES string of the molecule is CCC(=O)N1c2cc(OC)ccc2OC[C@H]1CC(=O)O. The fourth-order valence-corrected chi connectivity index (χ4v) is 2.25. The summed E-state index contributed by atoms with van der Waals surface area (Å²) in [4.78, 5) is 24.6. The van der Waals surface area contributed by atoms with Gasteiger partial charge in [0.1, 0.15) is 18.1 Å². The van der Waals surface area contributed by atoms with E-state index < -0.39 is 12.0 Å². The lowest BCUT2D eigenvalue weighted by atomic mass is 10.1. The van der Waals surface area contributed by atoms with Crippen LogP contribution in [-0.2, 0) is 9.59 Å². The minimum Gasteiger partial charge on any atom is -0.497 e. The van der Waals surface area contributed by atoms with Crippen LogP contribution in [0.25, 0.3) is 0 Å². The first kappa shape index (κ1) is 14.2. The van der Waals surface area contributed by atoms with Crippen LogP contribution in [0.4, 0.5) is 5.69 Å². The molecule has 108 valence electrons. The molecule has 1 atom stereocenters. The number of carbonyl (C=O) groups is 2. The van der Waals surface area contributed by atoms with Crippen molar-refractivity contribution >= 4 is 17.6 Å². The number of carbonyl (C=O) groups excluding carboxylic acids is 1. The van der Waals surface area contributed by atoms with Gasteiger partial charge in [-0.05, 0) is 12.1 Å². The summed E-state index contributed by atoms with van der Waals surface area (Å²) < 4.78 is 10.7. The van der Waals surface area contributed by atoms with Gasteiger partial charge < -0.3 is 19.5 Å². The van der Waals surface area contributed by atoms with Crippen molar-refractivity contribution in [1.29, 1.82) is 0 Å². The second-order valence-electron chi connectivity index (χ2n) is 4.51. The molecule has 6 heteroatoms. The molecule has 0 aromatic heterocycles. The predicted octanol–water partition coefficient (Wildman–Crippen LogP) is 1.67. The maximum atomic E-state index is 12.2. The summed E-state index contributed by atoms with van der Waals surface area (Å²) in [6, 6.07) is 4.66. The number of carboxylic acids is 1. The van der Waals surface area contributed by atoms with Crippen LogP contribution >= 0.6 is 0 Å². The van der Waals surface area contributed by atoms with Crippen LogP contribution in [0.1, 0.15) is 19.8 Å². The molecule has 1 aromatic rings. The van der Waals surface area contributed by atoms with Crippen molar-refractivity contribution in [2.75, 3.05) is 18.6 Å². The average Bonchev–Trinajstić information content (AvgIpc) is 2.45. The summed E-state index contributed by atoms with van der Waals surface area (Å²) in [5, 5.41) is 8.97. The van der Waals surface area contributed by atoms with Crippen molar-refractivity contribution in [2.24, 2.45) is 0 Å². The molecule has 1 aliphatic rings. The molecule has 0 bridgehead atoms. The van der Waals surface area contributed by atoms with Crippen LogP contribution in [0.15, 0.2) is 18.2 Å². The van der Waals surface area contributed by atoms with E-state index in [-0.39, 0.29) is 18.9 Å². The van der Waals surface area contributed by atoms with Gasteiger partial charge in [-0.3, -0.25) is 9.59 Å². The number of anilines is 1. The van der Waals surface area contributed by atoms with Gasteiger partial charge in [0, 0.05) is 12.5 Å². The molecule has 0 aliphatic carbocycles. The molecule has 0 radical (unpaired) electrons. The van der Waals surface area contributed by atoms with Gasteiger partial charge in [-0.25, -0.2) is 0 Å². The Kier molecular flexibility index (Phi) is 4.12. The monoisotopic (exact) mass is 279 g/mol. The standard InChI is InChI=1S/C14H17NO5/c1-3-13(16)15-9(6-14(17)18)8-20-12-5-4-10(19-2)7-11(12)15/h4-5,7,9H,3,6,8H2,1-2H3,(H,17,18)/t9-/m1/s1. The van der Waals surface area contributed by atoms with Gasteiger partial charge in [0.2, 0.25) is 5.91 Å². The van der Waals surface area contributed by atoms with Crippen LogP contribution in [0.5, 0.6) is 11.5 Å². The quantitative estimate of drug-likeness (QED) is 0.907. The molecule has 2 rings (SSSR count). The molecule has 0 saturated carbocycles. The summed E-state index contributed by atoms with van der Waals surface area (Å²) in [6.07, 6.45) is 0.148. The summed E-state index contributed by atoms with van der Waals surface area (Å²) in [5.74, 6) is 0.0689. The molecule has 1 aliphatic heterocycles. The van der Waals surface area contributed by atoms with E-state index in [1.807, 2.05) is 0 Å². The van der Waals surface area contributed by atoms with E-state index in [0.29, 0.717) is 23.6 Å². The highest BCUT2D eigenvalue weighted by molar-refractivity contribution is 5.96. The van der Waals surface area contributed by atoms with E-state index in [4.69, 9.17) is 14.6 Å². The first-order chi connectivity index (χ1) is 9.56. The zero-order valence-electron chi connectivity index (χ0n) is 11.5. The fraction of sp³-hybridized carbons (Fsp3) is 0.429. The minimum atomic E-state index is -0.959. The van der Waals surface area contributed by atoms with Crippen LogP contribution in [-0.4, -0.2) is 36.7 Å². The maximum absolute atomic E-state index is 12.2. The Labute approximate surface area is 116 Å². The van der Waals surface area contributed by atoms with E-state index in [1.54, 1.807) is 25.1 Å². The number of carboxylic acid groups (broad SMARTS) is 1. The Morgan fingerprint density at radius 3 is 2.85 bits per heavy atom. The number of benzene rings is 1. The largest absolute Gasteiger partial charge is 0.497 e. The Morgan fingerprint density at radius 1 is 1.50 bits per heavy atom. The lowest BCUT2D eigenvalue weighted by Crippen LogP contribution is -2.47. The zero-order chi connectivity index (χ0) is 14.7. The number of fused-ring (bicyclic) bond motifs is 1. The van der Waals surface area contributed by atoms with Crippen molar-refractivity contribution in [1.82, 2.24) is 0 Å². The lowest BCUT2D eigenvalue weighted by Gasteiger charge is -2.36. The van der Waals surface area contributed by atoms with E-state index in [0.717, 1.165) is 0 Å². The maximum Gasteiger partial charge on any atom is 0.305 e. The minimum absolute atomic E-state index is 0.131. The van der Waals surface area contributed by atoms with E-state index >= 15 is 0 Å². The summed E-state index contributed by atoms with van der Waals surface area (Å²) in [6.45, 7) is 1.92. The Hall–Kier alpha value is -2.24. The second kappa shape index (κ2) is 5.81. The third-order valence-corrected chi connectivity index (χ3v) is 3.20. The third kappa shape index (κ3) is 2.68. The molecule has 0 saturated heterocycles. The number of methoxy groups -OCH3 is 1. The Morgan fingerprint density at radius 2 is 2.25 bits per heavy atom. The molecule has 0 spiro atoms. The number of hydrogen-bond acceptors (Lipinski definition) is 4. The van der Waals surface area contributed by atoms with Gasteiger partial charge in [0.05, 0.1) is 25.3 Å². The fourth-order valence-electron chi connectivity index (χ4n) is 2.25. The van der Waals surface area contributed by atoms with Crippen LogP contribution in [0.2, 0.25) is 0 Å². The normalized spacial score (nSPS) is 17.1. The first-order valence-corrected chi connectivity index (χ1v) is 6.41. The van der Waals surface area contributed by atoms with Gasteiger partial charge in [-0.15, -0.1) is 0 Å². The van der Waals surface area contributed by atoms with Gasteiger partial charge >= 0.3 is 5.97 Å². The van der Waals surface area contributed by atoms with Crippen molar-refractivity contribution in [2.45, 2.75) is 25.8 Å². The molecule has 0 unspecified atom stereocenters. The Bertz CT molecular complexity index is 528. The highest BCUT2D eigenvalue weighted by Gasteiger charge is 2.33. The number of ether oxygens (including phenoxy) is 2. The van der Waals surface area contributed by atoms with E-state index in [2.05, 4.69) is 0 Å². The number of nitrogens with zero attached hydrogens (tertiary/aromatic N) is 1. The zero-order valence-corrected chi connectivity index (χ0v) is 11.5. The summed E-state index contributed by atoms with van der Waals surface area (Å²) >= 11 is 0. The van der Waals surface area contributed by atoms with Gasteiger partial charge in [0.15, 0.2) is 0 Å². The second-order valence-corrected chi connectivity index (χ2v) is 4.51. The Balaban J connectivity index is 2.42. The van der Waals surface area contributed by atoms with Gasteiger partial charge in [0.25, 0.3) is 0 Å². The van der Waals surface area contributed by atoms with Crippen molar-refractivity contribution in [3.8, 4) is 11.5 Å². The molecule has 6 nitrogen and oxygen atoms in total. The van der Waals surface area contributed by atoms with E-state index in [1.165, 1.54) is 12.0 Å². The molecular formula is C14H17NO5. The van der Waals surface area contributed by atoms with Crippen LogP contribution in [0, 0.1) is 0 Å².